The third kappa shape index (κ3) is 3.49. The summed E-state index contributed by atoms with van der Waals surface area (Å²) in [5.41, 5.74) is 0. The van der Waals surface area contributed by atoms with E-state index in [-0.39, 0.29) is 6.04 Å². The molecule has 2 aromatic rings. The van der Waals surface area contributed by atoms with Crippen LogP contribution in [0.15, 0.2) is 18.6 Å². The molecule has 0 unspecified atom stereocenters. The number of hydrogen-bond donors (Lipinski definition) is 0. The summed E-state index contributed by atoms with van der Waals surface area (Å²) in [7, 11) is 1.63. The van der Waals surface area contributed by atoms with Crippen LogP contribution in [0.1, 0.15) is 12.7 Å². The average Bonchev–Trinajstić information content (AvgIpc) is 2.90. The summed E-state index contributed by atoms with van der Waals surface area (Å²) in [6.45, 7) is 7.89. The van der Waals surface area contributed by atoms with Gasteiger partial charge in [0.15, 0.2) is 0 Å². The highest BCUT2D eigenvalue weighted by Crippen LogP contribution is 2.25. The van der Waals surface area contributed by atoms with E-state index < -0.39 is 0 Å². The molecule has 2 aliphatic heterocycles. The van der Waals surface area contributed by atoms with Crippen LogP contribution in [0.4, 0.5) is 5.95 Å². The zero-order valence-electron chi connectivity index (χ0n) is 15.3. The highest BCUT2D eigenvalue weighted by molar-refractivity contribution is 5.35. The summed E-state index contributed by atoms with van der Waals surface area (Å²) in [5.74, 6) is 2.71. The van der Waals surface area contributed by atoms with Crippen LogP contribution in [-0.2, 0) is 17.8 Å². The maximum atomic E-state index is 5.91. The number of hydrogen-bond acceptors (Lipinski definition) is 8. The zero-order chi connectivity index (χ0) is 17.9. The van der Waals surface area contributed by atoms with Crippen LogP contribution in [0.25, 0.3) is 0 Å². The lowest BCUT2D eigenvalue weighted by Gasteiger charge is -2.31. The number of ether oxygens (including phenoxy) is 2. The van der Waals surface area contributed by atoms with E-state index in [0.717, 1.165) is 45.2 Å². The molecule has 2 bridgehead atoms. The lowest BCUT2D eigenvalue weighted by molar-refractivity contribution is 0.0614. The van der Waals surface area contributed by atoms with Crippen molar-refractivity contribution in [3.8, 4) is 5.88 Å². The highest BCUT2D eigenvalue weighted by atomic mass is 16.5. The van der Waals surface area contributed by atoms with Gasteiger partial charge in [-0.05, 0) is 6.92 Å². The van der Waals surface area contributed by atoms with Gasteiger partial charge in [-0.15, -0.1) is 0 Å². The van der Waals surface area contributed by atoms with Crippen molar-refractivity contribution in [3.63, 3.8) is 0 Å². The average molecular weight is 359 g/mol. The smallest absolute Gasteiger partial charge is 0.228 e. The first-order valence-electron chi connectivity index (χ1n) is 9.07. The Morgan fingerprint density at radius 1 is 1.23 bits per heavy atom. The van der Waals surface area contributed by atoms with Crippen molar-refractivity contribution in [2.75, 3.05) is 44.9 Å². The van der Waals surface area contributed by atoms with Gasteiger partial charge in [0.1, 0.15) is 12.2 Å². The van der Waals surface area contributed by atoms with Gasteiger partial charge in [0.2, 0.25) is 11.8 Å². The van der Waals surface area contributed by atoms with Crippen LogP contribution < -0.4 is 9.64 Å². The van der Waals surface area contributed by atoms with Crippen molar-refractivity contribution < 1.29 is 9.47 Å². The standard InChI is InChI=1S/C17H25N7O2/c1-3-24-15(19-12-20-24)9-22-6-13-7-23(14(8-22)11-26-10-13)17-18-5-4-16(21-17)25-2/h4-5,12-14H,3,6-11H2,1-2H3/t13-,14-/m0/s1. The van der Waals surface area contributed by atoms with Crippen LogP contribution in [0.2, 0.25) is 0 Å². The molecule has 2 atom stereocenters. The number of anilines is 1. The van der Waals surface area contributed by atoms with Crippen LogP contribution >= 0.6 is 0 Å². The van der Waals surface area contributed by atoms with E-state index in [0.29, 0.717) is 24.4 Å². The number of fused-ring (bicyclic) bond motifs is 3. The molecule has 26 heavy (non-hydrogen) atoms. The number of nitrogens with zero attached hydrogens (tertiary/aromatic N) is 7. The van der Waals surface area contributed by atoms with Gasteiger partial charge < -0.3 is 14.4 Å². The molecule has 0 saturated carbocycles. The fraction of sp³-hybridized carbons (Fsp3) is 0.647. The maximum absolute atomic E-state index is 5.91. The fourth-order valence-electron chi connectivity index (χ4n) is 3.77. The maximum Gasteiger partial charge on any atom is 0.228 e. The molecule has 2 fully saturated rings. The number of aromatic nitrogens is 5. The quantitative estimate of drug-likeness (QED) is 0.760. The van der Waals surface area contributed by atoms with Gasteiger partial charge in [-0.2, -0.15) is 10.1 Å². The molecule has 4 rings (SSSR count). The van der Waals surface area contributed by atoms with Gasteiger partial charge in [-0.3, -0.25) is 4.90 Å². The molecular formula is C17H25N7O2. The Bertz CT molecular complexity index is 737. The predicted octanol–water partition coefficient (Wildman–Crippen LogP) is 0.434. The molecule has 9 heteroatoms. The molecule has 140 valence electrons. The second-order valence-electron chi connectivity index (χ2n) is 6.79. The molecule has 4 heterocycles. The Morgan fingerprint density at radius 2 is 2.15 bits per heavy atom. The van der Waals surface area contributed by atoms with Crippen LogP contribution in [0.5, 0.6) is 5.88 Å². The van der Waals surface area contributed by atoms with Crippen molar-refractivity contribution in [2.45, 2.75) is 26.1 Å². The molecule has 0 radical (unpaired) electrons. The Kier molecular flexibility index (Phi) is 4.98. The minimum absolute atomic E-state index is 0.201. The van der Waals surface area contributed by atoms with E-state index in [1.807, 2.05) is 4.68 Å². The molecule has 0 spiro atoms. The summed E-state index contributed by atoms with van der Waals surface area (Å²) in [6.07, 6.45) is 3.38. The molecule has 0 aliphatic carbocycles. The van der Waals surface area contributed by atoms with Crippen molar-refractivity contribution in [1.29, 1.82) is 0 Å². The van der Waals surface area contributed by atoms with E-state index >= 15 is 0 Å². The molecule has 9 nitrogen and oxygen atoms in total. The van der Waals surface area contributed by atoms with Crippen molar-refractivity contribution in [2.24, 2.45) is 5.92 Å². The van der Waals surface area contributed by atoms with Crippen molar-refractivity contribution in [3.05, 3.63) is 24.4 Å². The largest absolute Gasteiger partial charge is 0.481 e. The summed E-state index contributed by atoms with van der Waals surface area (Å²) < 4.78 is 13.1. The van der Waals surface area contributed by atoms with Gasteiger partial charge in [-0.1, -0.05) is 0 Å². The van der Waals surface area contributed by atoms with Crippen LogP contribution in [0.3, 0.4) is 0 Å². The predicted molar refractivity (Wildman–Crippen MR) is 95.0 cm³/mol. The summed E-state index contributed by atoms with van der Waals surface area (Å²) in [5, 5.41) is 4.29. The monoisotopic (exact) mass is 359 g/mol. The van der Waals surface area contributed by atoms with E-state index in [1.165, 1.54) is 0 Å². The van der Waals surface area contributed by atoms with Gasteiger partial charge in [0, 0.05) is 44.4 Å². The van der Waals surface area contributed by atoms with Crippen molar-refractivity contribution >= 4 is 5.95 Å². The van der Waals surface area contributed by atoms with Gasteiger partial charge in [0.25, 0.3) is 0 Å². The third-order valence-electron chi connectivity index (χ3n) is 4.99. The molecule has 2 saturated heterocycles. The Labute approximate surface area is 153 Å². The molecule has 0 N–H and O–H groups in total. The third-order valence-corrected chi connectivity index (χ3v) is 4.99. The van der Waals surface area contributed by atoms with E-state index in [4.69, 9.17) is 9.47 Å². The minimum atomic E-state index is 0.201. The molecule has 2 aromatic heterocycles. The zero-order valence-corrected chi connectivity index (χ0v) is 15.3. The lowest BCUT2D eigenvalue weighted by Crippen LogP contribution is -2.44. The van der Waals surface area contributed by atoms with E-state index in [2.05, 4.69) is 36.8 Å². The molecular weight excluding hydrogens is 334 g/mol. The lowest BCUT2D eigenvalue weighted by atomic mass is 10.1. The van der Waals surface area contributed by atoms with Crippen LogP contribution in [-0.4, -0.2) is 75.6 Å². The molecule has 0 amide bonds. The summed E-state index contributed by atoms with van der Waals surface area (Å²) in [4.78, 5) is 18.2. The van der Waals surface area contributed by atoms with E-state index in [9.17, 15) is 0 Å². The first-order valence-corrected chi connectivity index (χ1v) is 9.07. The van der Waals surface area contributed by atoms with Crippen molar-refractivity contribution in [1.82, 2.24) is 29.6 Å². The summed E-state index contributed by atoms with van der Waals surface area (Å²) >= 11 is 0. The second-order valence-corrected chi connectivity index (χ2v) is 6.79. The first-order chi connectivity index (χ1) is 12.8. The van der Waals surface area contributed by atoms with Crippen LogP contribution in [0, 0.1) is 5.92 Å². The van der Waals surface area contributed by atoms with E-state index in [1.54, 1.807) is 25.7 Å². The topological polar surface area (TPSA) is 81.4 Å². The van der Waals surface area contributed by atoms with Gasteiger partial charge >= 0.3 is 0 Å². The SMILES string of the molecule is CCn1ncnc1CN1C[C@@H]2COC[C@H](C1)N(c1nccc(OC)n1)C2. The Morgan fingerprint density at radius 3 is 3.00 bits per heavy atom. The molecule has 0 aromatic carbocycles. The minimum Gasteiger partial charge on any atom is -0.481 e. The summed E-state index contributed by atoms with van der Waals surface area (Å²) in [6, 6.07) is 1.97. The normalized spacial score (nSPS) is 23.7. The highest BCUT2D eigenvalue weighted by Gasteiger charge is 2.35. The number of methoxy groups -OCH3 is 1. The number of aryl methyl sites for hydroxylation is 1. The van der Waals surface area contributed by atoms with Gasteiger partial charge in [0.05, 0.1) is 32.9 Å². The Balaban J connectivity index is 1.55. The Hall–Kier alpha value is -2.26. The molecule has 2 aliphatic rings. The first kappa shape index (κ1) is 17.2. The fourth-order valence-corrected chi connectivity index (χ4v) is 3.77. The second kappa shape index (κ2) is 7.55. The number of rotatable bonds is 5. The van der Waals surface area contributed by atoms with Gasteiger partial charge in [-0.25, -0.2) is 14.6 Å².